The van der Waals surface area contributed by atoms with Gasteiger partial charge in [-0.05, 0) is 11.6 Å². The first-order valence-electron chi connectivity index (χ1n) is 3.96. The highest BCUT2D eigenvalue weighted by Gasteiger charge is 2.14. The van der Waals surface area contributed by atoms with Crippen LogP contribution in [0.15, 0.2) is 18.5 Å². The molecule has 0 aliphatic carbocycles. The van der Waals surface area contributed by atoms with Crippen molar-refractivity contribution in [1.29, 1.82) is 5.26 Å². The summed E-state index contributed by atoms with van der Waals surface area (Å²) in [6, 6.07) is 2.49. The second-order valence-corrected chi connectivity index (χ2v) is 2.79. The van der Waals surface area contributed by atoms with Gasteiger partial charge in [-0.3, -0.25) is 9.78 Å². The highest BCUT2D eigenvalue weighted by Crippen LogP contribution is 2.07. The normalized spacial score (nSPS) is 11.7. The Hall–Kier alpha value is -1.93. The van der Waals surface area contributed by atoms with Gasteiger partial charge >= 0.3 is 5.97 Å². The van der Waals surface area contributed by atoms with Crippen LogP contribution in [0, 0.1) is 11.3 Å². The lowest BCUT2D eigenvalue weighted by Crippen LogP contribution is -2.32. The van der Waals surface area contributed by atoms with E-state index >= 15 is 0 Å². The molecule has 0 unspecified atom stereocenters. The largest absolute Gasteiger partial charge is 0.480 e. The number of nitriles is 1. The molecule has 0 aliphatic heterocycles. The molecular weight excluding hydrogens is 182 g/mol. The van der Waals surface area contributed by atoms with E-state index in [1.165, 1.54) is 18.5 Å². The number of carboxylic acid groups (broad SMARTS) is 1. The zero-order valence-corrected chi connectivity index (χ0v) is 7.34. The van der Waals surface area contributed by atoms with E-state index in [4.69, 9.17) is 16.1 Å². The summed E-state index contributed by atoms with van der Waals surface area (Å²) < 4.78 is 0. The second kappa shape index (κ2) is 4.35. The minimum atomic E-state index is -1.09. The van der Waals surface area contributed by atoms with Gasteiger partial charge in [0.1, 0.15) is 6.04 Å². The minimum Gasteiger partial charge on any atom is -0.480 e. The average Bonchev–Trinajstić information content (AvgIpc) is 2.18. The maximum Gasteiger partial charge on any atom is 0.320 e. The number of carboxylic acids is 1. The van der Waals surface area contributed by atoms with Crippen LogP contribution in [0.5, 0.6) is 0 Å². The minimum absolute atomic E-state index is 0.117. The van der Waals surface area contributed by atoms with Crippen molar-refractivity contribution in [1.82, 2.24) is 4.98 Å². The summed E-state index contributed by atoms with van der Waals surface area (Å²) in [5, 5.41) is 17.3. The van der Waals surface area contributed by atoms with E-state index in [0.717, 1.165) is 0 Å². The quantitative estimate of drug-likeness (QED) is 0.695. The van der Waals surface area contributed by atoms with Crippen LogP contribution in [0.1, 0.15) is 11.1 Å². The van der Waals surface area contributed by atoms with Crippen molar-refractivity contribution >= 4 is 5.97 Å². The molecule has 1 aromatic heterocycles. The van der Waals surface area contributed by atoms with E-state index in [9.17, 15) is 4.79 Å². The molecule has 0 radical (unpaired) electrons. The number of nitrogens with two attached hydrogens (primary N) is 1. The molecule has 5 heteroatoms. The Morgan fingerprint density at radius 3 is 3.07 bits per heavy atom. The standard InChI is InChI=1S/C9H9N3O2/c10-4-6-1-2-12-5-7(6)3-8(11)9(13)14/h1-2,5,8H,3,11H2,(H,13,14)/t8-/m0/s1. The molecule has 3 N–H and O–H groups in total. The van der Waals surface area contributed by atoms with Crippen LogP contribution in [0.25, 0.3) is 0 Å². The molecule has 0 aromatic carbocycles. The van der Waals surface area contributed by atoms with Crippen molar-refractivity contribution in [2.24, 2.45) is 5.73 Å². The van der Waals surface area contributed by atoms with Crippen LogP contribution in [0.2, 0.25) is 0 Å². The molecule has 0 aliphatic rings. The summed E-state index contributed by atoms with van der Waals surface area (Å²) in [6.07, 6.45) is 3.06. The summed E-state index contributed by atoms with van der Waals surface area (Å²) in [5.74, 6) is -1.09. The molecule has 0 bridgehead atoms. The van der Waals surface area contributed by atoms with Crippen LogP contribution in [0.4, 0.5) is 0 Å². The lowest BCUT2D eigenvalue weighted by Gasteiger charge is -2.06. The molecule has 5 nitrogen and oxygen atoms in total. The Morgan fingerprint density at radius 2 is 2.50 bits per heavy atom. The SMILES string of the molecule is N#Cc1ccncc1C[C@H](N)C(=O)O. The number of nitrogens with zero attached hydrogens (tertiary/aromatic N) is 2. The van der Waals surface area contributed by atoms with Crippen LogP contribution < -0.4 is 5.73 Å². The van der Waals surface area contributed by atoms with Crippen molar-refractivity contribution < 1.29 is 9.90 Å². The van der Waals surface area contributed by atoms with Crippen molar-refractivity contribution in [3.8, 4) is 6.07 Å². The number of carbonyl (C=O) groups is 1. The first kappa shape index (κ1) is 10.2. The number of rotatable bonds is 3. The van der Waals surface area contributed by atoms with Gasteiger partial charge in [-0.1, -0.05) is 0 Å². The molecule has 0 saturated carbocycles. The Bertz CT molecular complexity index is 384. The molecule has 1 heterocycles. The Labute approximate surface area is 80.8 Å². The Morgan fingerprint density at radius 1 is 1.79 bits per heavy atom. The summed E-state index contributed by atoms with van der Waals surface area (Å²) >= 11 is 0. The monoisotopic (exact) mass is 191 g/mol. The third kappa shape index (κ3) is 2.28. The highest BCUT2D eigenvalue weighted by molar-refractivity contribution is 5.73. The van der Waals surface area contributed by atoms with Crippen molar-refractivity contribution in [3.63, 3.8) is 0 Å². The fraction of sp³-hybridized carbons (Fsp3) is 0.222. The number of aromatic nitrogens is 1. The van der Waals surface area contributed by atoms with Gasteiger partial charge in [-0.2, -0.15) is 5.26 Å². The number of hydrogen-bond donors (Lipinski definition) is 2. The maximum absolute atomic E-state index is 10.5. The molecule has 1 rings (SSSR count). The van der Waals surface area contributed by atoms with Gasteiger partial charge in [0.05, 0.1) is 11.6 Å². The van der Waals surface area contributed by atoms with Crippen molar-refractivity contribution in [3.05, 3.63) is 29.6 Å². The van der Waals surface area contributed by atoms with Crippen LogP contribution in [0.3, 0.4) is 0 Å². The first-order chi connectivity index (χ1) is 6.65. The molecule has 1 atom stereocenters. The summed E-state index contributed by atoms with van der Waals surface area (Å²) in [6.45, 7) is 0. The number of hydrogen-bond acceptors (Lipinski definition) is 4. The first-order valence-corrected chi connectivity index (χ1v) is 3.96. The molecule has 14 heavy (non-hydrogen) atoms. The predicted octanol–water partition coefficient (Wildman–Crippen LogP) is -0.0923. The van der Waals surface area contributed by atoms with Crippen molar-refractivity contribution in [2.75, 3.05) is 0 Å². The van der Waals surface area contributed by atoms with Gasteiger partial charge in [0.2, 0.25) is 0 Å². The molecular formula is C9H9N3O2. The van der Waals surface area contributed by atoms with E-state index in [-0.39, 0.29) is 6.42 Å². The fourth-order valence-corrected chi connectivity index (χ4v) is 1.02. The maximum atomic E-state index is 10.5. The highest BCUT2D eigenvalue weighted by atomic mass is 16.4. The van der Waals surface area contributed by atoms with E-state index in [1.54, 1.807) is 0 Å². The van der Waals surface area contributed by atoms with Crippen LogP contribution in [-0.4, -0.2) is 22.1 Å². The van der Waals surface area contributed by atoms with Crippen LogP contribution >= 0.6 is 0 Å². The van der Waals surface area contributed by atoms with Gasteiger partial charge in [-0.25, -0.2) is 0 Å². The fourth-order valence-electron chi connectivity index (χ4n) is 1.02. The predicted molar refractivity (Wildman–Crippen MR) is 48.3 cm³/mol. The van der Waals surface area contributed by atoms with Gasteiger partial charge < -0.3 is 10.8 Å². The van der Waals surface area contributed by atoms with Gasteiger partial charge in [-0.15, -0.1) is 0 Å². The zero-order valence-electron chi connectivity index (χ0n) is 7.34. The Balaban J connectivity index is 2.87. The van der Waals surface area contributed by atoms with E-state index in [1.807, 2.05) is 6.07 Å². The molecule has 0 fully saturated rings. The Kier molecular flexibility index (Phi) is 3.15. The average molecular weight is 191 g/mol. The van der Waals surface area contributed by atoms with Gasteiger partial charge in [0, 0.05) is 18.8 Å². The summed E-state index contributed by atoms with van der Waals surface area (Å²) in [4.78, 5) is 14.3. The lowest BCUT2D eigenvalue weighted by atomic mass is 10.0. The van der Waals surface area contributed by atoms with Crippen molar-refractivity contribution in [2.45, 2.75) is 12.5 Å². The summed E-state index contributed by atoms with van der Waals surface area (Å²) in [5.41, 5.74) is 6.31. The summed E-state index contributed by atoms with van der Waals surface area (Å²) in [7, 11) is 0. The third-order valence-electron chi connectivity index (χ3n) is 1.78. The number of aliphatic carboxylic acids is 1. The zero-order chi connectivity index (χ0) is 10.6. The molecule has 1 aromatic rings. The van der Waals surface area contributed by atoms with E-state index in [2.05, 4.69) is 4.98 Å². The third-order valence-corrected chi connectivity index (χ3v) is 1.78. The molecule has 0 saturated heterocycles. The van der Waals surface area contributed by atoms with Crippen LogP contribution in [-0.2, 0) is 11.2 Å². The molecule has 0 amide bonds. The number of pyridine rings is 1. The topological polar surface area (TPSA) is 100 Å². The molecule has 0 spiro atoms. The molecule has 72 valence electrons. The van der Waals surface area contributed by atoms with E-state index in [0.29, 0.717) is 11.1 Å². The second-order valence-electron chi connectivity index (χ2n) is 2.79. The smallest absolute Gasteiger partial charge is 0.320 e. The van der Waals surface area contributed by atoms with E-state index < -0.39 is 12.0 Å². The van der Waals surface area contributed by atoms with Gasteiger partial charge in [0.15, 0.2) is 0 Å². The van der Waals surface area contributed by atoms with Gasteiger partial charge in [0.25, 0.3) is 0 Å². The lowest BCUT2D eigenvalue weighted by molar-refractivity contribution is -0.138.